The molecule has 4 N–H and O–H groups in total. The van der Waals surface area contributed by atoms with E-state index in [1.54, 1.807) is 0 Å². The summed E-state index contributed by atoms with van der Waals surface area (Å²) in [6.07, 6.45) is -2.29. The number of likely N-dealkylation sites (N-methyl/N-ethyl adjacent to an activating group) is 1. The third-order valence-corrected chi connectivity index (χ3v) is 4.66. The number of rotatable bonds is 12. The number of nitrogens with zero attached hydrogens (tertiary/aromatic N) is 3. The first-order valence-corrected chi connectivity index (χ1v) is 10.5. The molecule has 34 heavy (non-hydrogen) atoms. The zero-order valence-electron chi connectivity index (χ0n) is 19.9. The Hall–Kier alpha value is -3.28. The fourth-order valence-electron chi connectivity index (χ4n) is 2.98. The molecule has 2 rings (SSSR count). The molecule has 0 aromatic carbocycles. The van der Waals surface area contributed by atoms with Crippen LogP contribution in [0.15, 0.2) is 34.7 Å². The van der Waals surface area contributed by atoms with Gasteiger partial charge in [0, 0.05) is 25.3 Å². The number of hydrogen-bond donors (Lipinski definition) is 4. The molecule has 0 aliphatic heterocycles. The molecule has 2 aromatic heterocycles. The average molecular weight is 480 g/mol. The monoisotopic (exact) mass is 479 g/mol. The van der Waals surface area contributed by atoms with Crippen LogP contribution in [-0.2, 0) is 27.5 Å². The van der Waals surface area contributed by atoms with Crippen LogP contribution in [0.4, 0.5) is 0 Å². The first-order chi connectivity index (χ1) is 15.8. The van der Waals surface area contributed by atoms with E-state index in [0.717, 1.165) is 49.1 Å². The standard InChI is InChI=1S/C17H25N3O.C6H8O7/c1-14-6-5-7-16(18-14)12-20(11-10-19(3)4)13-17-9-8-15(2)21-17;7-3(8)1-6(13,5(11)12)2-4(9)10/h5-9H,10-13H2,1-4H3;13H,1-2H2,(H,7,8)(H,9,10)(H,11,12). The summed E-state index contributed by atoms with van der Waals surface area (Å²) in [5.41, 5.74) is -0.566. The highest BCUT2D eigenvalue weighted by Gasteiger charge is 2.40. The Morgan fingerprint density at radius 3 is 2.00 bits per heavy atom. The largest absolute Gasteiger partial charge is 0.481 e. The van der Waals surface area contributed by atoms with Gasteiger partial charge in [0.2, 0.25) is 0 Å². The van der Waals surface area contributed by atoms with Gasteiger partial charge in [-0.05, 0) is 52.2 Å². The molecular weight excluding hydrogens is 446 g/mol. The Morgan fingerprint density at radius 1 is 0.941 bits per heavy atom. The summed E-state index contributed by atoms with van der Waals surface area (Å²) in [7, 11) is 4.19. The number of aliphatic carboxylic acids is 3. The van der Waals surface area contributed by atoms with E-state index in [1.165, 1.54) is 0 Å². The second-order valence-corrected chi connectivity index (χ2v) is 8.27. The molecule has 11 nitrogen and oxygen atoms in total. The molecule has 0 aliphatic carbocycles. The predicted molar refractivity (Wildman–Crippen MR) is 122 cm³/mol. The van der Waals surface area contributed by atoms with Crippen molar-refractivity contribution in [3.8, 4) is 0 Å². The number of aryl methyl sites for hydroxylation is 2. The average Bonchev–Trinajstić information content (AvgIpc) is 3.10. The van der Waals surface area contributed by atoms with Crippen LogP contribution in [0, 0.1) is 13.8 Å². The summed E-state index contributed by atoms with van der Waals surface area (Å²) in [5, 5.41) is 33.8. The molecule has 0 aliphatic rings. The molecular formula is C23H33N3O8. The zero-order valence-corrected chi connectivity index (χ0v) is 19.9. The Labute approximate surface area is 198 Å². The van der Waals surface area contributed by atoms with Crippen molar-refractivity contribution in [1.82, 2.24) is 14.8 Å². The van der Waals surface area contributed by atoms with Crippen molar-refractivity contribution in [1.29, 1.82) is 0 Å². The van der Waals surface area contributed by atoms with E-state index in [2.05, 4.69) is 47.1 Å². The normalized spacial score (nSPS) is 11.3. The van der Waals surface area contributed by atoms with Gasteiger partial charge in [0.25, 0.3) is 0 Å². The Balaban J connectivity index is 0.000000385. The van der Waals surface area contributed by atoms with Crippen LogP contribution in [0.25, 0.3) is 0 Å². The van der Waals surface area contributed by atoms with Crippen molar-refractivity contribution < 1.29 is 39.2 Å². The fourth-order valence-corrected chi connectivity index (χ4v) is 2.98. The van der Waals surface area contributed by atoms with Crippen LogP contribution in [0.5, 0.6) is 0 Å². The van der Waals surface area contributed by atoms with Gasteiger partial charge in [-0.1, -0.05) is 6.07 Å². The van der Waals surface area contributed by atoms with Gasteiger partial charge in [0.1, 0.15) is 11.5 Å². The Bertz CT molecular complexity index is 941. The first kappa shape index (κ1) is 28.8. The minimum Gasteiger partial charge on any atom is -0.481 e. The molecule has 2 heterocycles. The highest BCUT2D eigenvalue weighted by molar-refractivity contribution is 5.88. The van der Waals surface area contributed by atoms with E-state index in [1.807, 2.05) is 26.0 Å². The lowest BCUT2D eigenvalue weighted by molar-refractivity contribution is -0.170. The van der Waals surface area contributed by atoms with Crippen LogP contribution in [-0.4, -0.2) is 85.9 Å². The summed E-state index contributed by atoms with van der Waals surface area (Å²) in [6, 6.07) is 10.3. The summed E-state index contributed by atoms with van der Waals surface area (Å²) in [6.45, 7) is 7.68. The molecule has 0 radical (unpaired) electrons. The lowest BCUT2D eigenvalue weighted by Crippen LogP contribution is -2.42. The number of pyridine rings is 1. The van der Waals surface area contributed by atoms with E-state index < -0.39 is 36.4 Å². The number of carboxylic acids is 3. The molecule has 188 valence electrons. The number of aliphatic hydroxyl groups is 1. The van der Waals surface area contributed by atoms with Gasteiger partial charge in [0.05, 0.1) is 25.1 Å². The summed E-state index contributed by atoms with van der Waals surface area (Å²) < 4.78 is 5.71. The number of hydrogen-bond acceptors (Lipinski definition) is 8. The molecule has 0 unspecified atom stereocenters. The maximum Gasteiger partial charge on any atom is 0.336 e. The van der Waals surface area contributed by atoms with Gasteiger partial charge < -0.3 is 29.7 Å². The molecule has 0 spiro atoms. The highest BCUT2D eigenvalue weighted by Crippen LogP contribution is 2.16. The summed E-state index contributed by atoms with van der Waals surface area (Å²) >= 11 is 0. The maximum atomic E-state index is 10.3. The molecule has 2 aromatic rings. The lowest BCUT2D eigenvalue weighted by atomic mass is 9.96. The van der Waals surface area contributed by atoms with E-state index >= 15 is 0 Å². The van der Waals surface area contributed by atoms with Crippen molar-refractivity contribution in [2.75, 3.05) is 27.2 Å². The van der Waals surface area contributed by atoms with Crippen LogP contribution < -0.4 is 0 Å². The number of carbonyl (C=O) groups is 3. The van der Waals surface area contributed by atoms with Gasteiger partial charge in [-0.25, -0.2) is 4.79 Å². The van der Waals surface area contributed by atoms with E-state index in [4.69, 9.17) is 24.8 Å². The van der Waals surface area contributed by atoms with Gasteiger partial charge in [0.15, 0.2) is 5.60 Å². The summed E-state index contributed by atoms with van der Waals surface area (Å²) in [4.78, 5) is 39.7. The zero-order chi connectivity index (χ0) is 25.9. The van der Waals surface area contributed by atoms with Gasteiger partial charge in [-0.15, -0.1) is 0 Å². The molecule has 0 atom stereocenters. The Kier molecular flexibility index (Phi) is 11.4. The van der Waals surface area contributed by atoms with Crippen molar-refractivity contribution in [2.45, 2.75) is 45.4 Å². The first-order valence-electron chi connectivity index (χ1n) is 10.5. The second-order valence-electron chi connectivity index (χ2n) is 8.27. The molecule has 0 amide bonds. The van der Waals surface area contributed by atoms with Gasteiger partial charge >= 0.3 is 17.9 Å². The van der Waals surface area contributed by atoms with Crippen LogP contribution in [0.1, 0.15) is 35.7 Å². The van der Waals surface area contributed by atoms with Gasteiger partial charge in [-0.3, -0.25) is 19.5 Å². The van der Waals surface area contributed by atoms with E-state index in [0.29, 0.717) is 0 Å². The molecule has 0 bridgehead atoms. The van der Waals surface area contributed by atoms with Crippen LogP contribution >= 0.6 is 0 Å². The molecule has 0 saturated carbocycles. The smallest absolute Gasteiger partial charge is 0.336 e. The lowest BCUT2D eigenvalue weighted by Gasteiger charge is -2.23. The highest BCUT2D eigenvalue weighted by atomic mass is 16.4. The molecule has 0 saturated heterocycles. The van der Waals surface area contributed by atoms with Crippen molar-refractivity contribution in [3.63, 3.8) is 0 Å². The van der Waals surface area contributed by atoms with E-state index in [9.17, 15) is 14.4 Å². The molecule has 11 heteroatoms. The second kappa shape index (κ2) is 13.4. The number of furan rings is 1. The maximum absolute atomic E-state index is 10.3. The minimum atomic E-state index is -2.74. The minimum absolute atomic E-state index is 0.817. The third kappa shape index (κ3) is 11.0. The van der Waals surface area contributed by atoms with Crippen LogP contribution in [0.3, 0.4) is 0 Å². The predicted octanol–water partition coefficient (Wildman–Crippen LogP) is 1.61. The number of carboxylic acid groups (broad SMARTS) is 3. The SMILES string of the molecule is Cc1cccc(CN(CCN(C)C)Cc2ccc(C)o2)n1.O=C(O)CC(O)(CC(=O)O)C(=O)O. The quantitative estimate of drug-likeness (QED) is 0.349. The third-order valence-electron chi connectivity index (χ3n) is 4.66. The summed E-state index contributed by atoms with van der Waals surface area (Å²) in [5.74, 6) is -3.04. The Morgan fingerprint density at radius 2 is 1.56 bits per heavy atom. The van der Waals surface area contributed by atoms with Gasteiger partial charge in [-0.2, -0.15) is 0 Å². The van der Waals surface area contributed by atoms with E-state index in [-0.39, 0.29) is 0 Å². The molecule has 0 fully saturated rings. The van der Waals surface area contributed by atoms with Crippen molar-refractivity contribution >= 4 is 17.9 Å². The van der Waals surface area contributed by atoms with Crippen molar-refractivity contribution in [3.05, 3.63) is 53.2 Å². The van der Waals surface area contributed by atoms with Crippen LogP contribution in [0.2, 0.25) is 0 Å². The topological polar surface area (TPSA) is 165 Å². The van der Waals surface area contributed by atoms with Crippen molar-refractivity contribution in [2.24, 2.45) is 0 Å². The fraction of sp³-hybridized carbons (Fsp3) is 0.478. The number of aromatic nitrogens is 1.